The van der Waals surface area contributed by atoms with Crippen molar-refractivity contribution in [2.75, 3.05) is 0 Å². The number of ether oxygens (including phenoxy) is 1. The number of fused-ring (bicyclic) bond motifs is 1. The lowest BCUT2D eigenvalue weighted by atomic mass is 9.97. The number of nitrogens with zero attached hydrogens (tertiary/aromatic N) is 1. The molecule has 0 spiro atoms. The summed E-state index contributed by atoms with van der Waals surface area (Å²) in [5.41, 5.74) is 2.44. The maximum Gasteiger partial charge on any atom is 0.307 e. The Labute approximate surface area is 152 Å². The third-order valence-corrected chi connectivity index (χ3v) is 4.33. The van der Waals surface area contributed by atoms with E-state index < -0.39 is 12.1 Å². The minimum Gasteiger partial charge on any atom is -0.489 e. The molecule has 0 aliphatic carbocycles. The van der Waals surface area contributed by atoms with Crippen LogP contribution in [0.3, 0.4) is 0 Å². The summed E-state index contributed by atoms with van der Waals surface area (Å²) in [5.74, 6) is -0.215. The molecule has 4 heteroatoms. The lowest BCUT2D eigenvalue weighted by molar-refractivity contribution is -0.138. The molecular weight excluding hydrogens is 326 g/mol. The Kier molecular flexibility index (Phi) is 5.19. The van der Waals surface area contributed by atoms with Crippen molar-refractivity contribution in [1.29, 1.82) is 0 Å². The van der Waals surface area contributed by atoms with E-state index in [1.807, 2.05) is 55.5 Å². The number of aliphatic carboxylic acids is 1. The summed E-state index contributed by atoms with van der Waals surface area (Å²) in [6, 6.07) is 19.3. The van der Waals surface area contributed by atoms with Crippen LogP contribution < -0.4 is 4.74 Å². The van der Waals surface area contributed by atoms with Crippen LogP contribution in [0.5, 0.6) is 5.75 Å². The van der Waals surface area contributed by atoms with Gasteiger partial charge in [0.05, 0.1) is 13.0 Å². The number of carbonyl (C=O) groups is 1. The highest BCUT2D eigenvalue weighted by atomic mass is 16.5. The fraction of sp³-hybridized carbons (Fsp3) is 0.182. The molecule has 0 saturated heterocycles. The number of benzene rings is 3. The molecule has 0 bridgehead atoms. The van der Waals surface area contributed by atoms with Crippen molar-refractivity contribution in [2.24, 2.45) is 0 Å². The van der Waals surface area contributed by atoms with Gasteiger partial charge in [0.1, 0.15) is 11.9 Å². The van der Waals surface area contributed by atoms with Crippen LogP contribution in [0, 0.1) is 6.57 Å². The van der Waals surface area contributed by atoms with Gasteiger partial charge in [0.15, 0.2) is 5.69 Å². The molecule has 4 nitrogen and oxygen atoms in total. The Morgan fingerprint density at radius 3 is 2.50 bits per heavy atom. The van der Waals surface area contributed by atoms with Gasteiger partial charge in [0.2, 0.25) is 0 Å². The third-order valence-electron chi connectivity index (χ3n) is 4.33. The summed E-state index contributed by atoms with van der Waals surface area (Å²) in [4.78, 5) is 14.5. The highest BCUT2D eigenvalue weighted by Gasteiger charge is 2.17. The largest absolute Gasteiger partial charge is 0.489 e. The molecule has 3 aromatic carbocycles. The molecule has 0 amide bonds. The minimum absolute atomic E-state index is 0.0422. The zero-order chi connectivity index (χ0) is 18.5. The van der Waals surface area contributed by atoms with Crippen LogP contribution >= 0.6 is 0 Å². The van der Waals surface area contributed by atoms with Crippen LogP contribution in [-0.2, 0) is 4.79 Å². The SMILES string of the molecule is [C-]#[N+]c1ccc(-c2c(OC(CC)CC(=O)O)ccc3ccccc23)cc1. The Morgan fingerprint density at radius 2 is 1.85 bits per heavy atom. The highest BCUT2D eigenvalue weighted by Crippen LogP contribution is 2.38. The molecule has 0 heterocycles. The van der Waals surface area contributed by atoms with E-state index in [0.717, 1.165) is 21.9 Å². The van der Waals surface area contributed by atoms with Crippen molar-refractivity contribution in [3.63, 3.8) is 0 Å². The molecule has 0 fully saturated rings. The molecule has 1 unspecified atom stereocenters. The molecule has 0 saturated carbocycles. The van der Waals surface area contributed by atoms with Gasteiger partial charge >= 0.3 is 5.97 Å². The smallest absolute Gasteiger partial charge is 0.307 e. The summed E-state index contributed by atoms with van der Waals surface area (Å²) >= 11 is 0. The van der Waals surface area contributed by atoms with Crippen molar-refractivity contribution >= 4 is 22.4 Å². The van der Waals surface area contributed by atoms with Gasteiger partial charge in [-0.25, -0.2) is 4.85 Å². The van der Waals surface area contributed by atoms with Gasteiger partial charge in [-0.1, -0.05) is 61.5 Å². The van der Waals surface area contributed by atoms with E-state index in [1.165, 1.54) is 0 Å². The van der Waals surface area contributed by atoms with Gasteiger partial charge in [0.25, 0.3) is 0 Å². The standard InChI is InChI=1S/C22H19NO3/c1-3-18(14-21(24)25)26-20-13-10-15-6-4-5-7-19(15)22(20)16-8-11-17(23-2)12-9-16/h4-13,18H,3,14H2,1H3,(H,24,25). The zero-order valence-corrected chi connectivity index (χ0v) is 14.5. The number of hydrogen-bond donors (Lipinski definition) is 1. The van der Waals surface area contributed by atoms with Gasteiger partial charge < -0.3 is 9.84 Å². The van der Waals surface area contributed by atoms with Gasteiger partial charge in [0, 0.05) is 5.56 Å². The van der Waals surface area contributed by atoms with Crippen molar-refractivity contribution in [2.45, 2.75) is 25.9 Å². The van der Waals surface area contributed by atoms with Crippen LogP contribution in [0.1, 0.15) is 19.8 Å². The molecule has 0 aromatic heterocycles. The predicted molar refractivity (Wildman–Crippen MR) is 103 cm³/mol. The topological polar surface area (TPSA) is 50.9 Å². The molecular formula is C22H19NO3. The second-order valence-electron chi connectivity index (χ2n) is 6.06. The molecule has 3 rings (SSSR count). The van der Waals surface area contributed by atoms with Gasteiger partial charge in [-0.3, -0.25) is 4.79 Å². The van der Waals surface area contributed by atoms with E-state index in [-0.39, 0.29) is 6.42 Å². The Morgan fingerprint density at radius 1 is 1.12 bits per heavy atom. The zero-order valence-electron chi connectivity index (χ0n) is 14.5. The number of carboxylic acid groups (broad SMARTS) is 1. The lowest BCUT2D eigenvalue weighted by Crippen LogP contribution is -2.20. The number of rotatable bonds is 6. The fourth-order valence-corrected chi connectivity index (χ4v) is 2.99. The summed E-state index contributed by atoms with van der Waals surface area (Å²) in [6.07, 6.45) is 0.171. The Bertz CT molecular complexity index is 971. The first-order chi connectivity index (χ1) is 12.6. The first-order valence-corrected chi connectivity index (χ1v) is 8.50. The molecule has 0 aliphatic rings. The van der Waals surface area contributed by atoms with E-state index in [1.54, 1.807) is 12.1 Å². The monoisotopic (exact) mass is 345 g/mol. The number of hydrogen-bond acceptors (Lipinski definition) is 2. The highest BCUT2D eigenvalue weighted by molar-refractivity contribution is 6.00. The van der Waals surface area contributed by atoms with Crippen LogP contribution in [0.2, 0.25) is 0 Å². The molecule has 0 aliphatic heterocycles. The Balaban J connectivity index is 2.13. The molecule has 3 aromatic rings. The van der Waals surface area contributed by atoms with Crippen molar-refractivity contribution < 1.29 is 14.6 Å². The molecule has 26 heavy (non-hydrogen) atoms. The van der Waals surface area contributed by atoms with E-state index in [0.29, 0.717) is 17.9 Å². The second-order valence-corrected chi connectivity index (χ2v) is 6.06. The van der Waals surface area contributed by atoms with Gasteiger partial charge in [-0.2, -0.15) is 0 Å². The fourth-order valence-electron chi connectivity index (χ4n) is 2.99. The second kappa shape index (κ2) is 7.71. The average Bonchev–Trinajstić information content (AvgIpc) is 2.67. The van der Waals surface area contributed by atoms with Crippen molar-refractivity contribution in [3.8, 4) is 16.9 Å². The normalized spacial score (nSPS) is 11.7. The van der Waals surface area contributed by atoms with Crippen molar-refractivity contribution in [1.82, 2.24) is 0 Å². The van der Waals surface area contributed by atoms with Crippen LogP contribution in [0.15, 0.2) is 60.7 Å². The van der Waals surface area contributed by atoms with Crippen LogP contribution in [0.25, 0.3) is 26.7 Å². The van der Waals surface area contributed by atoms with E-state index in [9.17, 15) is 4.79 Å². The summed E-state index contributed by atoms with van der Waals surface area (Å²) in [7, 11) is 0. The summed E-state index contributed by atoms with van der Waals surface area (Å²) in [6.45, 7) is 9.03. The van der Waals surface area contributed by atoms with Crippen molar-refractivity contribution in [3.05, 3.63) is 72.1 Å². The molecule has 0 radical (unpaired) electrons. The van der Waals surface area contributed by atoms with Gasteiger partial charge in [-0.05, 0) is 28.8 Å². The van der Waals surface area contributed by atoms with E-state index >= 15 is 0 Å². The molecule has 130 valence electrons. The van der Waals surface area contributed by atoms with Crippen LogP contribution in [0.4, 0.5) is 5.69 Å². The average molecular weight is 345 g/mol. The summed E-state index contributed by atoms with van der Waals surface area (Å²) in [5, 5.41) is 11.2. The first-order valence-electron chi connectivity index (χ1n) is 8.50. The molecule has 1 atom stereocenters. The van der Waals surface area contributed by atoms with E-state index in [4.69, 9.17) is 16.4 Å². The quantitative estimate of drug-likeness (QED) is 0.584. The Hall–Kier alpha value is -3.32. The predicted octanol–water partition coefficient (Wildman–Crippen LogP) is 5.69. The van der Waals surface area contributed by atoms with Crippen LogP contribution in [-0.4, -0.2) is 17.2 Å². The maximum atomic E-state index is 11.1. The molecule has 1 N–H and O–H groups in total. The minimum atomic E-state index is -0.874. The first kappa shape index (κ1) is 17.5. The lowest BCUT2D eigenvalue weighted by Gasteiger charge is -2.20. The number of carboxylic acids is 1. The summed E-state index contributed by atoms with van der Waals surface area (Å²) < 4.78 is 6.08. The van der Waals surface area contributed by atoms with E-state index in [2.05, 4.69) is 4.85 Å². The third kappa shape index (κ3) is 3.68. The van der Waals surface area contributed by atoms with Gasteiger partial charge in [-0.15, -0.1) is 0 Å². The maximum absolute atomic E-state index is 11.1.